The summed E-state index contributed by atoms with van der Waals surface area (Å²) in [6.07, 6.45) is 13.4. The molecule has 0 aromatic rings. The minimum atomic E-state index is -0.00628. The lowest BCUT2D eigenvalue weighted by Gasteiger charge is -2.47. The fraction of sp³-hybridized carbons (Fsp3) is 0.893. The van der Waals surface area contributed by atoms with Crippen LogP contribution >= 0.6 is 0 Å². The SMILES string of the molecule is CC(C)CC(=O)O[C@H]1CC[C@@H](C)/C(=C\C[C@H]2C3CC[C@@H]4[C@H](C)N(C)C[C@]34CC[C@@H]2C)C1. The van der Waals surface area contributed by atoms with E-state index >= 15 is 0 Å². The second kappa shape index (κ2) is 9.20. The zero-order chi connectivity index (χ0) is 22.3. The Kier molecular flexibility index (Phi) is 6.92. The molecule has 176 valence electrons. The Hall–Kier alpha value is -0.830. The van der Waals surface area contributed by atoms with Crippen molar-refractivity contribution >= 4 is 5.97 Å². The molecule has 4 aliphatic rings. The fourth-order valence-corrected chi connectivity index (χ4v) is 8.10. The Labute approximate surface area is 191 Å². The highest BCUT2D eigenvalue weighted by molar-refractivity contribution is 5.69. The number of ether oxygens (including phenoxy) is 1. The average Bonchev–Trinajstić information content (AvgIpc) is 3.17. The molecule has 1 saturated heterocycles. The monoisotopic (exact) mass is 429 g/mol. The minimum Gasteiger partial charge on any atom is -0.462 e. The van der Waals surface area contributed by atoms with Gasteiger partial charge in [0.25, 0.3) is 0 Å². The van der Waals surface area contributed by atoms with Crippen LogP contribution in [0.5, 0.6) is 0 Å². The van der Waals surface area contributed by atoms with Crippen molar-refractivity contribution in [2.45, 2.75) is 105 Å². The van der Waals surface area contributed by atoms with Crippen molar-refractivity contribution in [3.05, 3.63) is 11.6 Å². The van der Waals surface area contributed by atoms with E-state index in [1.165, 1.54) is 38.6 Å². The summed E-state index contributed by atoms with van der Waals surface area (Å²) in [7, 11) is 2.36. The van der Waals surface area contributed by atoms with Gasteiger partial charge < -0.3 is 9.64 Å². The molecule has 0 N–H and O–H groups in total. The van der Waals surface area contributed by atoms with Crippen LogP contribution in [0, 0.1) is 40.9 Å². The Morgan fingerprint density at radius 2 is 1.87 bits per heavy atom. The lowest BCUT2D eigenvalue weighted by atomic mass is 9.57. The van der Waals surface area contributed by atoms with Crippen molar-refractivity contribution < 1.29 is 9.53 Å². The van der Waals surface area contributed by atoms with Crippen molar-refractivity contribution in [1.82, 2.24) is 4.90 Å². The van der Waals surface area contributed by atoms with Crippen LogP contribution in [0.3, 0.4) is 0 Å². The van der Waals surface area contributed by atoms with Crippen molar-refractivity contribution in [3.63, 3.8) is 0 Å². The second-order valence-corrected chi connectivity index (χ2v) is 12.3. The molecule has 1 unspecified atom stereocenters. The van der Waals surface area contributed by atoms with E-state index in [9.17, 15) is 4.79 Å². The third kappa shape index (κ3) is 4.50. The smallest absolute Gasteiger partial charge is 0.306 e. The lowest BCUT2D eigenvalue weighted by molar-refractivity contribution is -0.150. The van der Waals surface area contributed by atoms with Gasteiger partial charge in [0, 0.05) is 25.4 Å². The summed E-state index contributed by atoms with van der Waals surface area (Å²) in [4.78, 5) is 14.8. The summed E-state index contributed by atoms with van der Waals surface area (Å²) in [6.45, 7) is 12.9. The number of hydrogen-bond donors (Lipinski definition) is 0. The van der Waals surface area contributed by atoms with E-state index < -0.39 is 0 Å². The maximum absolute atomic E-state index is 12.2. The third-order valence-corrected chi connectivity index (χ3v) is 9.94. The molecule has 0 radical (unpaired) electrons. The van der Waals surface area contributed by atoms with Gasteiger partial charge in [-0.05, 0) is 99.8 Å². The van der Waals surface area contributed by atoms with Gasteiger partial charge in [-0.15, -0.1) is 0 Å². The first-order valence-corrected chi connectivity index (χ1v) is 13.3. The van der Waals surface area contributed by atoms with Crippen molar-refractivity contribution in [2.24, 2.45) is 40.9 Å². The molecule has 3 saturated carbocycles. The van der Waals surface area contributed by atoms with Gasteiger partial charge in [-0.3, -0.25) is 4.79 Å². The van der Waals surface area contributed by atoms with Crippen LogP contribution in [0.25, 0.3) is 0 Å². The van der Waals surface area contributed by atoms with Gasteiger partial charge in [0.05, 0.1) is 0 Å². The summed E-state index contributed by atoms with van der Waals surface area (Å²) in [6, 6.07) is 0.761. The van der Waals surface area contributed by atoms with Crippen LogP contribution in [0.2, 0.25) is 0 Å². The quantitative estimate of drug-likeness (QED) is 0.370. The molecule has 1 heterocycles. The minimum absolute atomic E-state index is 0.00628. The first-order chi connectivity index (χ1) is 14.7. The Balaban J connectivity index is 1.43. The number of allylic oxidation sites excluding steroid dienone is 1. The predicted molar refractivity (Wildman–Crippen MR) is 128 cm³/mol. The zero-order valence-electron chi connectivity index (χ0n) is 21.0. The van der Waals surface area contributed by atoms with Crippen LogP contribution in [-0.2, 0) is 9.53 Å². The van der Waals surface area contributed by atoms with Crippen LogP contribution < -0.4 is 0 Å². The number of carbonyl (C=O) groups excluding carboxylic acids is 1. The van der Waals surface area contributed by atoms with Gasteiger partial charge in [0.2, 0.25) is 0 Å². The normalized spacial score (nSPS) is 44.5. The van der Waals surface area contributed by atoms with Gasteiger partial charge in [-0.1, -0.05) is 39.3 Å². The largest absolute Gasteiger partial charge is 0.462 e. The van der Waals surface area contributed by atoms with Gasteiger partial charge >= 0.3 is 5.97 Å². The maximum atomic E-state index is 12.2. The van der Waals surface area contributed by atoms with Gasteiger partial charge in [0.15, 0.2) is 0 Å². The molecule has 4 fully saturated rings. The molecular weight excluding hydrogens is 382 g/mol. The van der Waals surface area contributed by atoms with E-state index in [0.29, 0.717) is 23.7 Å². The highest BCUT2D eigenvalue weighted by atomic mass is 16.5. The van der Waals surface area contributed by atoms with Crippen LogP contribution in [0.4, 0.5) is 0 Å². The summed E-state index contributed by atoms with van der Waals surface area (Å²) >= 11 is 0. The summed E-state index contributed by atoms with van der Waals surface area (Å²) in [5.74, 6) is 4.51. The molecule has 1 spiro atoms. The molecule has 3 heteroatoms. The number of rotatable bonds is 5. The third-order valence-electron chi connectivity index (χ3n) is 9.94. The molecule has 3 aliphatic carbocycles. The molecule has 31 heavy (non-hydrogen) atoms. The molecule has 0 amide bonds. The van der Waals surface area contributed by atoms with E-state index in [1.807, 2.05) is 0 Å². The Bertz CT molecular complexity index is 684. The summed E-state index contributed by atoms with van der Waals surface area (Å²) in [5.41, 5.74) is 2.16. The number of likely N-dealkylation sites (tertiary alicyclic amines) is 1. The molecule has 0 aromatic carbocycles. The maximum Gasteiger partial charge on any atom is 0.306 e. The summed E-state index contributed by atoms with van der Waals surface area (Å²) in [5, 5.41) is 0. The van der Waals surface area contributed by atoms with E-state index in [0.717, 1.165) is 49.0 Å². The van der Waals surface area contributed by atoms with Crippen LogP contribution in [-0.4, -0.2) is 36.6 Å². The van der Waals surface area contributed by atoms with Gasteiger partial charge in [-0.2, -0.15) is 0 Å². The lowest BCUT2D eigenvalue weighted by Crippen LogP contribution is -2.43. The van der Waals surface area contributed by atoms with Gasteiger partial charge in [-0.25, -0.2) is 0 Å². The number of esters is 1. The first kappa shape index (κ1) is 23.3. The van der Waals surface area contributed by atoms with Crippen molar-refractivity contribution in [2.75, 3.05) is 13.6 Å². The van der Waals surface area contributed by atoms with Crippen LogP contribution in [0.1, 0.15) is 92.4 Å². The fourth-order valence-electron chi connectivity index (χ4n) is 8.10. The standard InChI is InChI=1S/C28H47NO2/c1-18(2)15-27(30)31-23-9-7-19(3)22(16-23)8-10-24-20(4)13-14-28-17-29(6)21(5)25(28)11-12-26(24)28/h8,18-21,23-26H,7,9-17H2,1-6H3/b22-8-/t19-,20+,21+,23+,24-,25-,26?,28+/m1/s1. The Morgan fingerprint density at radius 1 is 1.13 bits per heavy atom. The van der Waals surface area contributed by atoms with E-state index in [1.54, 1.807) is 5.57 Å². The first-order valence-electron chi connectivity index (χ1n) is 13.3. The second-order valence-electron chi connectivity index (χ2n) is 12.3. The zero-order valence-corrected chi connectivity index (χ0v) is 21.0. The molecule has 1 aliphatic heterocycles. The number of nitrogens with zero attached hydrogens (tertiary/aromatic N) is 1. The molecular formula is C28H47NO2. The average molecular weight is 430 g/mol. The van der Waals surface area contributed by atoms with Crippen molar-refractivity contribution in [3.8, 4) is 0 Å². The summed E-state index contributed by atoms with van der Waals surface area (Å²) < 4.78 is 5.86. The molecule has 0 aromatic heterocycles. The molecule has 0 bridgehead atoms. The van der Waals surface area contributed by atoms with E-state index in [2.05, 4.69) is 52.6 Å². The predicted octanol–water partition coefficient (Wildman–Crippen LogP) is 6.47. The molecule has 3 nitrogen and oxygen atoms in total. The highest BCUT2D eigenvalue weighted by Gasteiger charge is 2.60. The van der Waals surface area contributed by atoms with Crippen molar-refractivity contribution in [1.29, 1.82) is 0 Å². The Morgan fingerprint density at radius 3 is 2.61 bits per heavy atom. The topological polar surface area (TPSA) is 29.5 Å². The van der Waals surface area contributed by atoms with E-state index in [-0.39, 0.29) is 12.1 Å². The molecule has 4 rings (SSSR count). The number of hydrogen-bond acceptors (Lipinski definition) is 3. The highest BCUT2D eigenvalue weighted by Crippen LogP contribution is 2.64. The van der Waals surface area contributed by atoms with E-state index in [4.69, 9.17) is 4.74 Å². The van der Waals surface area contributed by atoms with Crippen LogP contribution in [0.15, 0.2) is 11.6 Å². The number of carbonyl (C=O) groups is 1. The molecule has 8 atom stereocenters. The van der Waals surface area contributed by atoms with Gasteiger partial charge in [0.1, 0.15) is 6.10 Å².